The fourth-order valence-electron chi connectivity index (χ4n) is 7.25. The Kier molecular flexibility index (Phi) is 40.5. The summed E-state index contributed by atoms with van der Waals surface area (Å²) in [6.07, 6.45) is 55.2. The fourth-order valence-corrected chi connectivity index (χ4v) is 13.0. The summed E-state index contributed by atoms with van der Waals surface area (Å²) in [7, 11) is -0.910. The Labute approximate surface area is 293 Å². The largest absolute Gasteiger partial charge is 1.00 e. The topological polar surface area (TPSA) is 0 Å². The SMILES string of the molecule is CCCCCCCCCCCCC=CC(CCC)[P+](CCCC)(CCCC)CCCCCCCCCCCCCCCC.[Br-]. The molecule has 0 aliphatic rings. The lowest BCUT2D eigenvalue weighted by atomic mass is 10.0. The van der Waals surface area contributed by atoms with E-state index in [2.05, 4.69) is 46.8 Å². The second-order valence-electron chi connectivity index (χ2n) is 14.4. The van der Waals surface area contributed by atoms with Gasteiger partial charge in [-0.1, -0.05) is 195 Å². The zero-order valence-corrected chi connectivity index (χ0v) is 34.1. The van der Waals surface area contributed by atoms with Gasteiger partial charge in [0, 0.05) is 7.26 Å². The molecular weight excluding hydrogens is 615 g/mol. The molecular formula is C42H86BrP. The minimum Gasteiger partial charge on any atom is -1.00 e. The van der Waals surface area contributed by atoms with Crippen LogP contribution in [0.5, 0.6) is 0 Å². The van der Waals surface area contributed by atoms with E-state index in [-0.39, 0.29) is 17.0 Å². The summed E-state index contributed by atoms with van der Waals surface area (Å²) >= 11 is 0. The third-order valence-corrected chi connectivity index (χ3v) is 15.7. The third kappa shape index (κ3) is 28.8. The van der Waals surface area contributed by atoms with Crippen LogP contribution in [0.25, 0.3) is 0 Å². The Bertz CT molecular complexity index is 536. The van der Waals surface area contributed by atoms with E-state index in [1.165, 1.54) is 199 Å². The van der Waals surface area contributed by atoms with Gasteiger partial charge in [0.15, 0.2) is 0 Å². The number of halogens is 1. The predicted molar refractivity (Wildman–Crippen MR) is 206 cm³/mol. The Hall–Kier alpha value is 0.650. The van der Waals surface area contributed by atoms with Gasteiger partial charge in [0.2, 0.25) is 0 Å². The molecule has 0 bridgehead atoms. The van der Waals surface area contributed by atoms with Crippen LogP contribution in [0.1, 0.15) is 234 Å². The molecule has 1 unspecified atom stereocenters. The molecule has 0 rings (SSSR count). The van der Waals surface area contributed by atoms with Gasteiger partial charge in [0.25, 0.3) is 0 Å². The first-order chi connectivity index (χ1) is 21.2. The number of hydrogen-bond donors (Lipinski definition) is 0. The van der Waals surface area contributed by atoms with Crippen LogP contribution in [-0.2, 0) is 0 Å². The average Bonchev–Trinajstić information content (AvgIpc) is 3.02. The Morgan fingerprint density at radius 1 is 0.364 bits per heavy atom. The Morgan fingerprint density at radius 2 is 0.682 bits per heavy atom. The van der Waals surface area contributed by atoms with Crippen LogP contribution in [0.3, 0.4) is 0 Å². The van der Waals surface area contributed by atoms with Crippen molar-refractivity contribution in [2.45, 2.75) is 239 Å². The zero-order chi connectivity index (χ0) is 31.5. The van der Waals surface area contributed by atoms with Crippen molar-refractivity contribution in [2.24, 2.45) is 0 Å². The summed E-state index contributed by atoms with van der Waals surface area (Å²) in [5.41, 5.74) is 0.917. The lowest BCUT2D eigenvalue weighted by Crippen LogP contribution is -3.00. The predicted octanol–water partition coefficient (Wildman–Crippen LogP) is 13.1. The lowest BCUT2D eigenvalue weighted by Gasteiger charge is -2.34. The molecule has 266 valence electrons. The molecule has 0 aliphatic heterocycles. The second-order valence-corrected chi connectivity index (χ2v) is 18.9. The molecule has 0 radical (unpaired) electrons. The quantitative estimate of drug-likeness (QED) is 0.0347. The standard InChI is InChI=1S/C42H86P.BrH/c1-6-11-15-17-19-21-23-25-26-28-30-32-34-36-41-43(39-13-8-3,40-14-9-4)42(37-10-5)38-35-33-31-29-27-24-22-20-18-16-12-7-2;/h35,38,42H,6-34,36-37,39-41H2,1-5H3;1H/q+1;/p-1. The first kappa shape index (κ1) is 46.8. The maximum atomic E-state index is 2.79. The van der Waals surface area contributed by atoms with Gasteiger partial charge in [-0.3, -0.25) is 0 Å². The lowest BCUT2D eigenvalue weighted by molar-refractivity contribution is -0.00000968. The number of unbranched alkanes of at least 4 members (excludes halogenated alkanes) is 25. The van der Waals surface area contributed by atoms with Crippen molar-refractivity contribution in [3.63, 3.8) is 0 Å². The van der Waals surface area contributed by atoms with Gasteiger partial charge in [-0.05, 0) is 51.0 Å². The van der Waals surface area contributed by atoms with E-state index < -0.39 is 7.26 Å². The van der Waals surface area contributed by atoms with Crippen molar-refractivity contribution >= 4 is 7.26 Å². The average molecular weight is 702 g/mol. The Balaban J connectivity index is 0. The van der Waals surface area contributed by atoms with Crippen LogP contribution < -0.4 is 17.0 Å². The highest BCUT2D eigenvalue weighted by molar-refractivity contribution is 7.76. The molecule has 0 spiro atoms. The van der Waals surface area contributed by atoms with E-state index in [0.717, 1.165) is 5.66 Å². The number of rotatable bonds is 36. The number of allylic oxidation sites excluding steroid dienone is 2. The summed E-state index contributed by atoms with van der Waals surface area (Å²) in [5.74, 6) is 0. The molecule has 0 saturated heterocycles. The second kappa shape index (κ2) is 38.1. The van der Waals surface area contributed by atoms with E-state index >= 15 is 0 Å². The fraction of sp³-hybridized carbons (Fsp3) is 0.952. The molecule has 0 fully saturated rings. The van der Waals surface area contributed by atoms with Gasteiger partial charge in [0.1, 0.15) is 0 Å². The van der Waals surface area contributed by atoms with Crippen LogP contribution in [0.2, 0.25) is 0 Å². The molecule has 0 aromatic rings. The first-order valence-electron chi connectivity index (χ1n) is 20.7. The smallest absolute Gasteiger partial charge is 0.0876 e. The van der Waals surface area contributed by atoms with Crippen molar-refractivity contribution in [3.8, 4) is 0 Å². The minimum absolute atomic E-state index is 0. The maximum Gasteiger partial charge on any atom is 0.0876 e. The maximum absolute atomic E-state index is 2.79. The van der Waals surface area contributed by atoms with Crippen LogP contribution in [-0.4, -0.2) is 24.1 Å². The van der Waals surface area contributed by atoms with Crippen molar-refractivity contribution in [3.05, 3.63) is 12.2 Å². The highest BCUT2D eigenvalue weighted by Gasteiger charge is 2.42. The van der Waals surface area contributed by atoms with E-state index in [1.54, 1.807) is 18.5 Å². The molecule has 0 aromatic carbocycles. The van der Waals surface area contributed by atoms with E-state index in [4.69, 9.17) is 0 Å². The van der Waals surface area contributed by atoms with E-state index in [1.807, 2.05) is 0 Å². The van der Waals surface area contributed by atoms with Gasteiger partial charge in [0.05, 0.1) is 24.1 Å². The summed E-state index contributed by atoms with van der Waals surface area (Å²) in [6.45, 7) is 11.9. The van der Waals surface area contributed by atoms with Gasteiger partial charge < -0.3 is 17.0 Å². The van der Waals surface area contributed by atoms with Crippen molar-refractivity contribution in [1.82, 2.24) is 0 Å². The van der Waals surface area contributed by atoms with Gasteiger partial charge in [-0.2, -0.15) is 0 Å². The summed E-state index contributed by atoms with van der Waals surface area (Å²) < 4.78 is 0. The molecule has 0 nitrogen and oxygen atoms in total. The monoisotopic (exact) mass is 701 g/mol. The molecule has 44 heavy (non-hydrogen) atoms. The summed E-state index contributed by atoms with van der Waals surface area (Å²) in [4.78, 5) is 0. The van der Waals surface area contributed by atoms with Crippen molar-refractivity contribution in [1.29, 1.82) is 0 Å². The van der Waals surface area contributed by atoms with Gasteiger partial charge >= 0.3 is 0 Å². The van der Waals surface area contributed by atoms with E-state index in [0.29, 0.717) is 0 Å². The van der Waals surface area contributed by atoms with Crippen LogP contribution >= 0.6 is 7.26 Å². The molecule has 0 N–H and O–H groups in total. The van der Waals surface area contributed by atoms with Gasteiger partial charge in [-0.25, -0.2) is 0 Å². The molecule has 0 aliphatic carbocycles. The molecule has 0 heterocycles. The minimum atomic E-state index is -0.910. The normalized spacial score (nSPS) is 12.7. The highest BCUT2D eigenvalue weighted by atomic mass is 79.9. The van der Waals surface area contributed by atoms with Crippen LogP contribution in [0, 0.1) is 0 Å². The van der Waals surface area contributed by atoms with Crippen molar-refractivity contribution in [2.75, 3.05) is 18.5 Å². The summed E-state index contributed by atoms with van der Waals surface area (Å²) in [5, 5.41) is 0. The Morgan fingerprint density at radius 3 is 1.05 bits per heavy atom. The third-order valence-electron chi connectivity index (χ3n) is 10.2. The van der Waals surface area contributed by atoms with E-state index in [9.17, 15) is 0 Å². The summed E-state index contributed by atoms with van der Waals surface area (Å²) in [6, 6.07) is 0. The van der Waals surface area contributed by atoms with Crippen LogP contribution in [0.4, 0.5) is 0 Å². The molecule has 1 atom stereocenters. The first-order valence-corrected chi connectivity index (χ1v) is 23.1. The molecule has 0 saturated carbocycles. The van der Waals surface area contributed by atoms with Gasteiger partial charge in [-0.15, -0.1) is 0 Å². The number of hydrogen-bond acceptors (Lipinski definition) is 0. The van der Waals surface area contributed by atoms with Crippen LogP contribution in [0.15, 0.2) is 12.2 Å². The highest BCUT2D eigenvalue weighted by Crippen LogP contribution is 2.66. The van der Waals surface area contributed by atoms with Crippen molar-refractivity contribution < 1.29 is 17.0 Å². The zero-order valence-electron chi connectivity index (χ0n) is 31.6. The molecule has 2 heteroatoms. The molecule has 0 amide bonds. The molecule has 0 aromatic heterocycles.